The molecule has 0 saturated carbocycles. The summed E-state index contributed by atoms with van der Waals surface area (Å²) in [4.78, 5) is 3.96. The Bertz CT molecular complexity index is 675. The molecule has 0 aliphatic carbocycles. The molecule has 2 aromatic rings. The van der Waals surface area contributed by atoms with Crippen molar-refractivity contribution in [2.45, 2.75) is 13.0 Å². The van der Waals surface area contributed by atoms with E-state index in [1.807, 2.05) is 42.5 Å². The molecule has 0 aliphatic rings. The Kier molecular flexibility index (Phi) is 6.70. The van der Waals surface area contributed by atoms with Crippen LogP contribution in [0.3, 0.4) is 0 Å². The molecule has 0 aliphatic heterocycles. The van der Waals surface area contributed by atoms with Gasteiger partial charge < -0.3 is 4.74 Å². The van der Waals surface area contributed by atoms with Crippen molar-refractivity contribution in [3.05, 3.63) is 66.0 Å². The quantitative estimate of drug-likeness (QED) is 0.705. The van der Waals surface area contributed by atoms with Crippen molar-refractivity contribution < 1.29 is 13.2 Å². The zero-order chi connectivity index (χ0) is 16.5. The molecule has 0 bridgehead atoms. The summed E-state index contributed by atoms with van der Waals surface area (Å²) in [6.07, 6.45) is 3.84. The molecule has 2 rings (SSSR count). The number of benzene rings is 1. The lowest BCUT2D eigenvalue weighted by atomic mass is 10.2. The maximum atomic E-state index is 12.7. The van der Waals surface area contributed by atoms with E-state index in [9.17, 15) is 8.42 Å². The van der Waals surface area contributed by atoms with E-state index in [2.05, 4.69) is 4.98 Å². The van der Waals surface area contributed by atoms with Gasteiger partial charge in [0, 0.05) is 32.6 Å². The van der Waals surface area contributed by atoms with Gasteiger partial charge in [0.05, 0.1) is 12.4 Å². The van der Waals surface area contributed by atoms with E-state index < -0.39 is 10.0 Å². The van der Waals surface area contributed by atoms with Crippen LogP contribution < -0.4 is 0 Å². The Morgan fingerprint density at radius 2 is 1.74 bits per heavy atom. The second-order valence-electron chi connectivity index (χ2n) is 5.23. The van der Waals surface area contributed by atoms with Crippen molar-refractivity contribution in [3.63, 3.8) is 0 Å². The normalized spacial score (nSPS) is 11.7. The smallest absolute Gasteiger partial charge is 0.214 e. The summed E-state index contributed by atoms with van der Waals surface area (Å²) in [5, 5.41) is 0. The molecule has 0 N–H and O–H groups in total. The first-order valence-corrected chi connectivity index (χ1v) is 9.12. The van der Waals surface area contributed by atoms with E-state index in [4.69, 9.17) is 4.74 Å². The predicted octanol–water partition coefficient (Wildman–Crippen LogP) is 2.10. The van der Waals surface area contributed by atoms with Gasteiger partial charge in [-0.15, -0.1) is 0 Å². The highest BCUT2D eigenvalue weighted by molar-refractivity contribution is 7.89. The summed E-state index contributed by atoms with van der Waals surface area (Å²) >= 11 is 0. The van der Waals surface area contributed by atoms with Crippen LogP contribution in [0.5, 0.6) is 0 Å². The SMILES string of the molecule is COCCN(Cc1ccncc1)S(=O)(=O)CCc1ccccc1. The number of hydrogen-bond donors (Lipinski definition) is 0. The van der Waals surface area contributed by atoms with Crippen molar-refractivity contribution in [1.29, 1.82) is 0 Å². The van der Waals surface area contributed by atoms with E-state index in [1.54, 1.807) is 19.5 Å². The van der Waals surface area contributed by atoms with E-state index in [0.29, 0.717) is 26.1 Å². The van der Waals surface area contributed by atoms with Crippen molar-refractivity contribution in [3.8, 4) is 0 Å². The monoisotopic (exact) mass is 334 g/mol. The zero-order valence-corrected chi connectivity index (χ0v) is 14.1. The maximum absolute atomic E-state index is 12.7. The fourth-order valence-electron chi connectivity index (χ4n) is 2.22. The van der Waals surface area contributed by atoms with Crippen LogP contribution >= 0.6 is 0 Å². The molecule has 0 saturated heterocycles. The largest absolute Gasteiger partial charge is 0.383 e. The molecular formula is C17H22N2O3S. The van der Waals surface area contributed by atoms with Crippen LogP contribution in [0.25, 0.3) is 0 Å². The van der Waals surface area contributed by atoms with Gasteiger partial charge in [-0.1, -0.05) is 30.3 Å². The minimum atomic E-state index is -3.36. The molecule has 0 atom stereocenters. The van der Waals surface area contributed by atoms with Gasteiger partial charge in [-0.05, 0) is 29.7 Å². The molecule has 1 aromatic carbocycles. The van der Waals surface area contributed by atoms with E-state index in [1.165, 1.54) is 4.31 Å². The van der Waals surface area contributed by atoms with Crippen LogP contribution in [0.2, 0.25) is 0 Å². The van der Waals surface area contributed by atoms with E-state index >= 15 is 0 Å². The number of sulfonamides is 1. The first-order chi connectivity index (χ1) is 11.1. The fourth-order valence-corrected chi connectivity index (χ4v) is 3.67. The second-order valence-corrected chi connectivity index (χ2v) is 7.32. The lowest BCUT2D eigenvalue weighted by Crippen LogP contribution is -2.35. The number of aromatic nitrogens is 1. The Hall–Kier alpha value is -1.76. The van der Waals surface area contributed by atoms with Crippen molar-refractivity contribution in [2.24, 2.45) is 0 Å². The minimum absolute atomic E-state index is 0.0891. The Morgan fingerprint density at radius 1 is 1.04 bits per heavy atom. The molecule has 0 amide bonds. The predicted molar refractivity (Wildman–Crippen MR) is 90.5 cm³/mol. The second kappa shape index (κ2) is 8.76. The van der Waals surface area contributed by atoms with Crippen LogP contribution in [0.1, 0.15) is 11.1 Å². The molecule has 23 heavy (non-hydrogen) atoms. The highest BCUT2D eigenvalue weighted by Crippen LogP contribution is 2.11. The summed E-state index contributed by atoms with van der Waals surface area (Å²) in [7, 11) is -1.79. The van der Waals surface area contributed by atoms with Crippen LogP contribution in [0.15, 0.2) is 54.9 Å². The summed E-state index contributed by atoms with van der Waals surface area (Å²) in [5.41, 5.74) is 1.94. The third-order valence-corrected chi connectivity index (χ3v) is 5.36. The number of aryl methyl sites for hydroxylation is 1. The van der Waals surface area contributed by atoms with Gasteiger partial charge in [0.2, 0.25) is 10.0 Å². The van der Waals surface area contributed by atoms with Crippen LogP contribution in [0.4, 0.5) is 0 Å². The first-order valence-electron chi connectivity index (χ1n) is 7.51. The molecule has 0 fully saturated rings. The van der Waals surface area contributed by atoms with Gasteiger partial charge in [-0.25, -0.2) is 8.42 Å². The maximum Gasteiger partial charge on any atom is 0.214 e. The number of ether oxygens (including phenoxy) is 1. The number of rotatable bonds is 9. The average molecular weight is 334 g/mol. The zero-order valence-electron chi connectivity index (χ0n) is 13.3. The van der Waals surface area contributed by atoms with Gasteiger partial charge in [-0.3, -0.25) is 4.98 Å². The molecular weight excluding hydrogens is 312 g/mol. The van der Waals surface area contributed by atoms with Gasteiger partial charge in [0.25, 0.3) is 0 Å². The van der Waals surface area contributed by atoms with Gasteiger partial charge >= 0.3 is 0 Å². The van der Waals surface area contributed by atoms with Crippen LogP contribution in [-0.4, -0.2) is 43.7 Å². The summed E-state index contributed by atoms with van der Waals surface area (Å²) in [6, 6.07) is 13.3. The summed E-state index contributed by atoms with van der Waals surface area (Å²) in [6.45, 7) is 1.05. The van der Waals surface area contributed by atoms with Crippen LogP contribution in [-0.2, 0) is 27.7 Å². The van der Waals surface area contributed by atoms with Crippen molar-refractivity contribution in [1.82, 2.24) is 9.29 Å². The topological polar surface area (TPSA) is 59.5 Å². The molecule has 0 spiro atoms. The van der Waals surface area contributed by atoms with E-state index in [-0.39, 0.29) is 5.75 Å². The number of hydrogen-bond acceptors (Lipinski definition) is 4. The molecule has 1 heterocycles. The number of methoxy groups -OCH3 is 1. The molecule has 6 heteroatoms. The Balaban J connectivity index is 2.06. The molecule has 1 aromatic heterocycles. The van der Waals surface area contributed by atoms with E-state index in [0.717, 1.165) is 11.1 Å². The fraction of sp³-hybridized carbons (Fsp3) is 0.353. The van der Waals surface area contributed by atoms with Crippen molar-refractivity contribution >= 4 is 10.0 Å². The lowest BCUT2D eigenvalue weighted by Gasteiger charge is -2.22. The van der Waals surface area contributed by atoms with Gasteiger partial charge in [0.15, 0.2) is 0 Å². The minimum Gasteiger partial charge on any atom is -0.383 e. The highest BCUT2D eigenvalue weighted by atomic mass is 32.2. The molecule has 5 nitrogen and oxygen atoms in total. The number of pyridine rings is 1. The van der Waals surface area contributed by atoms with Gasteiger partial charge in [-0.2, -0.15) is 4.31 Å². The summed E-state index contributed by atoms with van der Waals surface area (Å²) < 4.78 is 31.9. The van der Waals surface area contributed by atoms with Crippen LogP contribution in [0, 0.1) is 0 Å². The first kappa shape index (κ1) is 17.6. The number of nitrogens with zero attached hydrogens (tertiary/aromatic N) is 2. The Labute approximate surface area is 138 Å². The third-order valence-electron chi connectivity index (χ3n) is 3.54. The molecule has 0 unspecified atom stereocenters. The average Bonchev–Trinajstić information content (AvgIpc) is 2.58. The van der Waals surface area contributed by atoms with Gasteiger partial charge in [0.1, 0.15) is 0 Å². The Morgan fingerprint density at radius 3 is 2.39 bits per heavy atom. The van der Waals surface area contributed by atoms with Crippen molar-refractivity contribution in [2.75, 3.05) is 26.0 Å². The molecule has 0 radical (unpaired) electrons. The lowest BCUT2D eigenvalue weighted by molar-refractivity contribution is 0.177. The highest BCUT2D eigenvalue weighted by Gasteiger charge is 2.21. The standard InChI is InChI=1S/C17H22N2O3S/c1-22-13-12-19(15-17-7-10-18-11-8-17)23(20,21)14-9-16-5-3-2-4-6-16/h2-8,10-11H,9,12-15H2,1H3. The third kappa shape index (κ3) is 5.74. The summed E-state index contributed by atoms with van der Waals surface area (Å²) in [5.74, 6) is 0.0891. The molecule has 124 valence electrons.